The maximum Gasteiger partial charge on any atom is 0.174 e. The third-order valence-electron chi connectivity index (χ3n) is 5.39. The van der Waals surface area contributed by atoms with Gasteiger partial charge in [-0.05, 0) is 85.0 Å². The van der Waals surface area contributed by atoms with Crippen LogP contribution in [-0.2, 0) is 0 Å². The highest BCUT2D eigenvalue weighted by Gasteiger charge is 2.42. The van der Waals surface area contributed by atoms with E-state index in [0.29, 0.717) is 10.1 Å². The first-order chi connectivity index (χ1) is 15.1. The van der Waals surface area contributed by atoms with E-state index in [0.717, 1.165) is 22.8 Å². The van der Waals surface area contributed by atoms with E-state index < -0.39 is 0 Å². The van der Waals surface area contributed by atoms with E-state index in [1.807, 2.05) is 54.7 Å². The molecular weight excluding hydrogens is 431 g/mol. The largest absolute Gasteiger partial charge is 0.351 e. The highest BCUT2D eigenvalue weighted by Crippen LogP contribution is 2.42. The van der Waals surface area contributed by atoms with Crippen LogP contribution in [0.15, 0.2) is 91.3 Å². The lowest BCUT2D eigenvalue weighted by Crippen LogP contribution is -2.30. The zero-order valence-corrected chi connectivity index (χ0v) is 17.9. The van der Waals surface area contributed by atoms with E-state index in [2.05, 4.69) is 25.8 Å². The molecule has 2 aromatic heterocycles. The summed E-state index contributed by atoms with van der Waals surface area (Å²) in [5.41, 5.74) is 3.69. The van der Waals surface area contributed by atoms with Gasteiger partial charge in [-0.2, -0.15) is 0 Å². The Hall–Kier alpha value is -3.22. The molecule has 0 unspecified atom stereocenters. The van der Waals surface area contributed by atoms with Gasteiger partial charge in [0.15, 0.2) is 5.11 Å². The first-order valence-electron chi connectivity index (χ1n) is 9.81. The van der Waals surface area contributed by atoms with Crippen molar-refractivity contribution in [1.82, 2.24) is 14.9 Å². The van der Waals surface area contributed by atoms with Crippen molar-refractivity contribution in [2.45, 2.75) is 12.1 Å². The van der Waals surface area contributed by atoms with E-state index in [1.54, 1.807) is 18.3 Å². The van der Waals surface area contributed by atoms with E-state index in [9.17, 15) is 4.39 Å². The van der Waals surface area contributed by atoms with Crippen molar-refractivity contribution in [1.29, 1.82) is 0 Å². The quantitative estimate of drug-likeness (QED) is 0.397. The lowest BCUT2D eigenvalue weighted by molar-refractivity contribution is 0.549. The van der Waals surface area contributed by atoms with Crippen molar-refractivity contribution < 1.29 is 4.39 Å². The summed E-state index contributed by atoms with van der Waals surface area (Å²) in [5, 5.41) is 4.72. The van der Waals surface area contributed by atoms with E-state index in [4.69, 9.17) is 23.8 Å². The van der Waals surface area contributed by atoms with Gasteiger partial charge in [-0.1, -0.05) is 17.7 Å². The number of halogens is 2. The average molecular weight is 449 g/mol. The SMILES string of the molecule is Fc1ccc(-n2cccc2[C@@H]2[C@H](c3ccccn3)NC(=S)N2c2ccc(Cl)cc2)cc1. The molecule has 5 rings (SSSR count). The number of nitrogens with zero attached hydrogens (tertiary/aromatic N) is 3. The van der Waals surface area contributed by atoms with Crippen LogP contribution >= 0.6 is 23.8 Å². The predicted molar refractivity (Wildman–Crippen MR) is 125 cm³/mol. The molecule has 0 spiro atoms. The van der Waals surface area contributed by atoms with E-state index in [-0.39, 0.29) is 17.9 Å². The Balaban J connectivity index is 1.66. The zero-order chi connectivity index (χ0) is 21.4. The normalized spacial score (nSPS) is 18.3. The first-order valence-corrected chi connectivity index (χ1v) is 10.6. The van der Waals surface area contributed by atoms with Gasteiger partial charge in [-0.15, -0.1) is 0 Å². The second-order valence-corrected chi connectivity index (χ2v) is 8.08. The standard InChI is InChI=1S/C24H18ClFN4S/c25-16-6-10-19(11-7-16)30-23(22(28-24(30)31)20-4-1-2-14-27-20)21-5-3-15-29(21)18-12-8-17(26)9-13-18/h1-15,22-23H,(H,28,31)/t22-,23+/m0/s1. The summed E-state index contributed by atoms with van der Waals surface area (Å²) in [6.07, 6.45) is 3.75. The van der Waals surface area contributed by atoms with Crippen molar-refractivity contribution in [3.05, 3.63) is 113 Å². The molecule has 0 bridgehead atoms. The van der Waals surface area contributed by atoms with Crippen molar-refractivity contribution in [3.8, 4) is 5.69 Å². The van der Waals surface area contributed by atoms with Gasteiger partial charge in [0.25, 0.3) is 0 Å². The van der Waals surface area contributed by atoms with Crippen molar-refractivity contribution >= 4 is 34.6 Å². The molecule has 2 aromatic carbocycles. The molecule has 4 aromatic rings. The van der Waals surface area contributed by atoms with Gasteiger partial charge in [0.1, 0.15) is 11.9 Å². The Bertz CT molecular complexity index is 1210. The van der Waals surface area contributed by atoms with Gasteiger partial charge in [0.2, 0.25) is 0 Å². The number of benzene rings is 2. The minimum Gasteiger partial charge on any atom is -0.351 e. The van der Waals surface area contributed by atoms with Crippen LogP contribution in [0.3, 0.4) is 0 Å². The van der Waals surface area contributed by atoms with E-state index >= 15 is 0 Å². The minimum atomic E-state index is -0.268. The third kappa shape index (κ3) is 3.69. The van der Waals surface area contributed by atoms with Gasteiger partial charge in [-0.3, -0.25) is 4.98 Å². The smallest absolute Gasteiger partial charge is 0.174 e. The predicted octanol–water partition coefficient (Wildman–Crippen LogP) is 5.84. The topological polar surface area (TPSA) is 33.1 Å². The highest BCUT2D eigenvalue weighted by molar-refractivity contribution is 7.80. The average Bonchev–Trinajstić information content (AvgIpc) is 3.40. The molecular formula is C24H18ClFN4S. The second kappa shape index (κ2) is 8.13. The fourth-order valence-electron chi connectivity index (χ4n) is 4.01. The van der Waals surface area contributed by atoms with Crippen molar-refractivity contribution in [2.24, 2.45) is 0 Å². The summed E-state index contributed by atoms with van der Waals surface area (Å²) in [7, 11) is 0. The number of hydrogen-bond acceptors (Lipinski definition) is 2. The van der Waals surface area contributed by atoms with Crippen LogP contribution in [0.2, 0.25) is 5.02 Å². The number of rotatable bonds is 4. The molecule has 1 aliphatic rings. The van der Waals surface area contributed by atoms with Gasteiger partial charge >= 0.3 is 0 Å². The van der Waals surface area contributed by atoms with Gasteiger partial charge in [0.05, 0.1) is 11.7 Å². The third-order valence-corrected chi connectivity index (χ3v) is 5.96. The summed E-state index contributed by atoms with van der Waals surface area (Å²) in [6, 6.07) is 23.6. The molecule has 4 nitrogen and oxygen atoms in total. The maximum atomic E-state index is 13.5. The number of pyridine rings is 1. The van der Waals surface area contributed by atoms with Crippen LogP contribution in [0.25, 0.3) is 5.69 Å². The molecule has 1 N–H and O–H groups in total. The van der Waals surface area contributed by atoms with Crippen LogP contribution in [0.4, 0.5) is 10.1 Å². The van der Waals surface area contributed by atoms with Crippen molar-refractivity contribution in [3.63, 3.8) is 0 Å². The van der Waals surface area contributed by atoms with E-state index in [1.165, 1.54) is 12.1 Å². The molecule has 0 saturated carbocycles. The summed E-state index contributed by atoms with van der Waals surface area (Å²) in [4.78, 5) is 6.67. The molecule has 1 fully saturated rings. The molecule has 0 radical (unpaired) electrons. The Morgan fingerprint density at radius 2 is 1.65 bits per heavy atom. The summed E-state index contributed by atoms with van der Waals surface area (Å²) in [6.45, 7) is 0. The van der Waals surface area contributed by atoms with Gasteiger partial charge in [0, 0.05) is 34.5 Å². The number of aromatic nitrogens is 2. The number of nitrogens with one attached hydrogen (secondary N) is 1. The summed E-state index contributed by atoms with van der Waals surface area (Å²) in [5.74, 6) is -0.268. The van der Waals surface area contributed by atoms with Crippen LogP contribution < -0.4 is 10.2 Å². The Morgan fingerprint density at radius 1 is 0.903 bits per heavy atom. The Labute approximate surface area is 189 Å². The lowest BCUT2D eigenvalue weighted by atomic mass is 10.0. The number of hydrogen-bond donors (Lipinski definition) is 1. The van der Waals surface area contributed by atoms with Gasteiger partial charge < -0.3 is 14.8 Å². The molecule has 0 aliphatic carbocycles. The van der Waals surface area contributed by atoms with Crippen LogP contribution in [-0.4, -0.2) is 14.7 Å². The minimum absolute atomic E-state index is 0.168. The van der Waals surface area contributed by atoms with Crippen LogP contribution in [0.5, 0.6) is 0 Å². The molecule has 0 amide bonds. The lowest BCUT2D eigenvalue weighted by Gasteiger charge is -2.29. The van der Waals surface area contributed by atoms with Crippen LogP contribution in [0, 0.1) is 5.82 Å². The fourth-order valence-corrected chi connectivity index (χ4v) is 4.48. The Morgan fingerprint density at radius 3 is 2.35 bits per heavy atom. The van der Waals surface area contributed by atoms with Crippen molar-refractivity contribution in [2.75, 3.05) is 4.90 Å². The fraction of sp³-hybridized carbons (Fsp3) is 0.0833. The summed E-state index contributed by atoms with van der Waals surface area (Å²) >= 11 is 11.9. The van der Waals surface area contributed by atoms with Gasteiger partial charge in [-0.25, -0.2) is 4.39 Å². The molecule has 7 heteroatoms. The molecule has 1 aliphatic heterocycles. The monoisotopic (exact) mass is 448 g/mol. The molecule has 2 atom stereocenters. The zero-order valence-electron chi connectivity index (χ0n) is 16.3. The molecule has 1 saturated heterocycles. The first kappa shape index (κ1) is 19.7. The molecule has 3 heterocycles. The molecule has 154 valence electrons. The summed E-state index contributed by atoms with van der Waals surface area (Å²) < 4.78 is 15.6. The van der Waals surface area contributed by atoms with Crippen LogP contribution in [0.1, 0.15) is 23.5 Å². The maximum absolute atomic E-state index is 13.5. The number of thiocarbonyl (C=S) groups is 1. The number of anilines is 1. The Kier molecular flexibility index (Phi) is 5.18. The highest BCUT2D eigenvalue weighted by atomic mass is 35.5. The molecule has 31 heavy (non-hydrogen) atoms. The second-order valence-electron chi connectivity index (χ2n) is 7.25.